The Morgan fingerprint density at radius 1 is 1.07 bits per heavy atom. The zero-order valence-electron chi connectivity index (χ0n) is 15.7. The van der Waals surface area contributed by atoms with Crippen molar-refractivity contribution < 1.29 is 4.79 Å². The van der Waals surface area contributed by atoms with Gasteiger partial charge in [-0.3, -0.25) is 19.9 Å². The highest BCUT2D eigenvalue weighted by Crippen LogP contribution is 2.22. The monoisotopic (exact) mass is 385 g/mol. The van der Waals surface area contributed by atoms with Gasteiger partial charge in [-0.15, -0.1) is 0 Å². The molecule has 1 atom stereocenters. The van der Waals surface area contributed by atoms with Crippen LogP contribution in [0.1, 0.15) is 28.9 Å². The van der Waals surface area contributed by atoms with E-state index in [0.717, 1.165) is 16.8 Å². The summed E-state index contributed by atoms with van der Waals surface area (Å²) in [6, 6.07) is 11.1. The molecule has 3 N–H and O–H groups in total. The van der Waals surface area contributed by atoms with Gasteiger partial charge in [-0.1, -0.05) is 12.1 Å². The molecule has 0 saturated carbocycles. The van der Waals surface area contributed by atoms with Crippen LogP contribution in [0.5, 0.6) is 0 Å². The van der Waals surface area contributed by atoms with Gasteiger partial charge in [0, 0.05) is 29.8 Å². The number of aromatic amines is 1. The van der Waals surface area contributed by atoms with E-state index in [1.165, 1.54) is 6.20 Å². The number of nitrogens with zero attached hydrogens (tertiary/aromatic N) is 4. The number of aromatic nitrogens is 5. The Morgan fingerprint density at radius 3 is 2.79 bits per heavy atom. The molecule has 144 valence electrons. The number of hydrogen-bond donors (Lipinski definition) is 3. The fourth-order valence-electron chi connectivity index (χ4n) is 2.86. The van der Waals surface area contributed by atoms with Gasteiger partial charge in [0.2, 0.25) is 0 Å². The van der Waals surface area contributed by atoms with E-state index < -0.39 is 0 Å². The van der Waals surface area contributed by atoms with E-state index in [4.69, 9.17) is 0 Å². The summed E-state index contributed by atoms with van der Waals surface area (Å²) < 4.78 is 0. The van der Waals surface area contributed by atoms with Crippen LogP contribution in [0, 0.1) is 0 Å². The summed E-state index contributed by atoms with van der Waals surface area (Å²) in [7, 11) is 0. The van der Waals surface area contributed by atoms with Gasteiger partial charge in [0.15, 0.2) is 0 Å². The van der Waals surface area contributed by atoms with Gasteiger partial charge in [0.1, 0.15) is 5.82 Å². The smallest absolute Gasteiger partial charge is 0.257 e. The zero-order valence-corrected chi connectivity index (χ0v) is 15.7. The SMILES string of the molecule is C[C@H](Nc1cncc(-c2cn[nH]c2)n1)c1cccc(NC(=O)c2cccnc2)c1. The van der Waals surface area contributed by atoms with Crippen LogP contribution in [0.25, 0.3) is 11.3 Å². The van der Waals surface area contributed by atoms with Crippen molar-refractivity contribution in [3.05, 3.63) is 84.7 Å². The molecule has 3 heterocycles. The number of hydrogen-bond acceptors (Lipinski definition) is 6. The summed E-state index contributed by atoms with van der Waals surface area (Å²) in [5.41, 5.74) is 3.82. The van der Waals surface area contributed by atoms with Gasteiger partial charge >= 0.3 is 0 Å². The molecule has 1 amide bonds. The Bertz CT molecular complexity index is 1100. The first-order valence-electron chi connectivity index (χ1n) is 9.08. The fourth-order valence-corrected chi connectivity index (χ4v) is 2.86. The lowest BCUT2D eigenvalue weighted by atomic mass is 10.1. The average molecular weight is 385 g/mol. The molecule has 29 heavy (non-hydrogen) atoms. The number of nitrogens with one attached hydrogen (secondary N) is 3. The quantitative estimate of drug-likeness (QED) is 0.467. The first-order valence-corrected chi connectivity index (χ1v) is 9.08. The van der Waals surface area contributed by atoms with Crippen LogP contribution in [0.3, 0.4) is 0 Å². The molecule has 8 heteroatoms. The van der Waals surface area contributed by atoms with Crippen LogP contribution in [0.2, 0.25) is 0 Å². The molecule has 3 aromatic heterocycles. The van der Waals surface area contributed by atoms with E-state index >= 15 is 0 Å². The van der Waals surface area contributed by atoms with Crippen molar-refractivity contribution in [3.63, 3.8) is 0 Å². The highest BCUT2D eigenvalue weighted by atomic mass is 16.1. The molecular formula is C21H19N7O. The van der Waals surface area contributed by atoms with Crippen molar-refractivity contribution in [3.8, 4) is 11.3 Å². The third-order valence-electron chi connectivity index (χ3n) is 4.36. The highest BCUT2D eigenvalue weighted by Gasteiger charge is 2.11. The van der Waals surface area contributed by atoms with E-state index in [0.29, 0.717) is 17.1 Å². The molecular weight excluding hydrogens is 366 g/mol. The second kappa shape index (κ2) is 8.30. The molecule has 0 radical (unpaired) electrons. The number of carbonyl (C=O) groups excluding carboxylic acids is 1. The van der Waals surface area contributed by atoms with Crippen LogP contribution in [-0.4, -0.2) is 31.1 Å². The Hall–Kier alpha value is -4.07. The standard InChI is InChI=1S/C21H19N7O/c1-14(26-20-13-23-12-19(28-20)17-10-24-25-11-17)15-4-2-6-18(8-15)27-21(29)16-5-3-7-22-9-16/h2-14H,1H3,(H,24,25)(H,26,28)(H,27,29)/t14-/m0/s1. The number of H-pyrrole nitrogens is 1. The summed E-state index contributed by atoms with van der Waals surface area (Å²) >= 11 is 0. The lowest BCUT2D eigenvalue weighted by Gasteiger charge is -2.16. The van der Waals surface area contributed by atoms with E-state index in [1.807, 2.05) is 31.2 Å². The van der Waals surface area contributed by atoms with Crippen LogP contribution in [0.15, 0.2) is 73.6 Å². The predicted octanol–water partition coefficient (Wildman–Crippen LogP) is 3.69. The number of benzene rings is 1. The molecule has 1 aromatic carbocycles. The van der Waals surface area contributed by atoms with Gasteiger partial charge in [-0.2, -0.15) is 5.10 Å². The Kier molecular flexibility index (Phi) is 5.24. The van der Waals surface area contributed by atoms with Crippen LogP contribution in [-0.2, 0) is 0 Å². The lowest BCUT2D eigenvalue weighted by Crippen LogP contribution is -2.13. The normalized spacial score (nSPS) is 11.6. The molecule has 0 spiro atoms. The van der Waals surface area contributed by atoms with Crippen LogP contribution >= 0.6 is 0 Å². The van der Waals surface area contributed by atoms with Gasteiger partial charge in [-0.05, 0) is 36.8 Å². The molecule has 0 aliphatic rings. The van der Waals surface area contributed by atoms with Crippen molar-refractivity contribution in [2.75, 3.05) is 10.6 Å². The summed E-state index contributed by atoms with van der Waals surface area (Å²) in [5.74, 6) is 0.454. The Morgan fingerprint density at radius 2 is 2.00 bits per heavy atom. The second-order valence-corrected chi connectivity index (χ2v) is 6.46. The van der Waals surface area contributed by atoms with Crippen molar-refractivity contribution in [1.29, 1.82) is 0 Å². The van der Waals surface area contributed by atoms with Crippen molar-refractivity contribution >= 4 is 17.4 Å². The molecule has 4 aromatic rings. The van der Waals surface area contributed by atoms with E-state index in [2.05, 4.69) is 35.8 Å². The van der Waals surface area contributed by atoms with Gasteiger partial charge in [0.25, 0.3) is 5.91 Å². The van der Waals surface area contributed by atoms with Crippen molar-refractivity contribution in [2.45, 2.75) is 13.0 Å². The summed E-state index contributed by atoms with van der Waals surface area (Å²) in [6.07, 6.45) is 10.0. The minimum absolute atomic E-state index is 0.0425. The number of anilines is 2. The summed E-state index contributed by atoms with van der Waals surface area (Å²) in [5, 5.41) is 13.0. The number of pyridine rings is 1. The molecule has 0 fully saturated rings. The Labute approximate surface area is 167 Å². The van der Waals surface area contributed by atoms with Gasteiger partial charge < -0.3 is 10.6 Å². The third-order valence-corrected chi connectivity index (χ3v) is 4.36. The summed E-state index contributed by atoms with van der Waals surface area (Å²) in [6.45, 7) is 2.02. The molecule has 0 saturated heterocycles. The minimum atomic E-state index is -0.199. The van der Waals surface area contributed by atoms with Crippen molar-refractivity contribution in [1.82, 2.24) is 25.1 Å². The zero-order chi connectivity index (χ0) is 20.1. The van der Waals surface area contributed by atoms with Crippen LogP contribution in [0.4, 0.5) is 11.5 Å². The maximum absolute atomic E-state index is 12.3. The minimum Gasteiger partial charge on any atom is -0.362 e. The average Bonchev–Trinajstić information content (AvgIpc) is 3.30. The lowest BCUT2D eigenvalue weighted by molar-refractivity contribution is 0.102. The molecule has 0 aliphatic carbocycles. The molecule has 8 nitrogen and oxygen atoms in total. The van der Waals surface area contributed by atoms with Gasteiger partial charge in [0.05, 0.1) is 35.9 Å². The van der Waals surface area contributed by atoms with Gasteiger partial charge in [-0.25, -0.2) is 4.98 Å². The molecule has 0 bridgehead atoms. The highest BCUT2D eigenvalue weighted by molar-refractivity contribution is 6.04. The molecule has 0 aliphatic heterocycles. The number of carbonyl (C=O) groups is 1. The number of rotatable bonds is 6. The topological polar surface area (TPSA) is 108 Å². The Balaban J connectivity index is 1.47. The second-order valence-electron chi connectivity index (χ2n) is 6.46. The maximum atomic E-state index is 12.3. The fraction of sp³-hybridized carbons (Fsp3) is 0.0952. The molecule has 0 unspecified atom stereocenters. The van der Waals surface area contributed by atoms with E-state index in [1.54, 1.807) is 43.1 Å². The maximum Gasteiger partial charge on any atom is 0.257 e. The van der Waals surface area contributed by atoms with E-state index in [9.17, 15) is 4.79 Å². The van der Waals surface area contributed by atoms with Crippen molar-refractivity contribution in [2.24, 2.45) is 0 Å². The summed E-state index contributed by atoms with van der Waals surface area (Å²) in [4.78, 5) is 25.1. The predicted molar refractivity (Wildman–Crippen MR) is 110 cm³/mol. The van der Waals surface area contributed by atoms with Crippen LogP contribution < -0.4 is 10.6 Å². The first-order chi connectivity index (χ1) is 14.2. The van der Waals surface area contributed by atoms with E-state index in [-0.39, 0.29) is 11.9 Å². The molecule has 4 rings (SSSR count). The number of amides is 1. The third kappa shape index (κ3) is 4.44. The first kappa shape index (κ1) is 18.3. The largest absolute Gasteiger partial charge is 0.362 e.